The molecule has 1 aromatic heterocycles. The fraction of sp³-hybridized carbons (Fsp3) is 0.375. The van der Waals surface area contributed by atoms with Crippen LogP contribution >= 0.6 is 0 Å². The molecule has 0 saturated carbocycles. The van der Waals surface area contributed by atoms with Gasteiger partial charge in [-0.2, -0.15) is 10.4 Å². The first-order valence-corrected chi connectivity index (χ1v) is 7.04. The number of aryl methyl sites for hydroxylation is 1. The van der Waals surface area contributed by atoms with Crippen LogP contribution in [0.15, 0.2) is 36.5 Å². The molecule has 0 radical (unpaired) electrons. The van der Waals surface area contributed by atoms with Crippen LogP contribution in [0.5, 0.6) is 0 Å². The number of hydrogen-bond donors (Lipinski definition) is 1. The minimum absolute atomic E-state index is 0.476. The van der Waals surface area contributed by atoms with Gasteiger partial charge in [0.2, 0.25) is 0 Å². The predicted molar refractivity (Wildman–Crippen MR) is 79.9 cm³/mol. The Morgan fingerprint density at radius 2 is 2.10 bits per heavy atom. The van der Waals surface area contributed by atoms with E-state index in [0.29, 0.717) is 13.0 Å². The molecule has 4 heteroatoms. The second-order valence-electron chi connectivity index (χ2n) is 4.69. The molecule has 2 rings (SSSR count). The van der Waals surface area contributed by atoms with Gasteiger partial charge in [0.15, 0.2) is 0 Å². The summed E-state index contributed by atoms with van der Waals surface area (Å²) in [5.74, 6) is 0. The smallest absolute Gasteiger partial charge is 0.0727 e. The van der Waals surface area contributed by atoms with E-state index in [9.17, 15) is 0 Å². The molecule has 2 aromatic rings. The van der Waals surface area contributed by atoms with E-state index in [1.165, 1.54) is 5.56 Å². The molecule has 104 valence electrons. The lowest BCUT2D eigenvalue weighted by atomic mass is 10.1. The Morgan fingerprint density at radius 1 is 1.30 bits per heavy atom. The van der Waals surface area contributed by atoms with Crippen LogP contribution in [0.2, 0.25) is 0 Å². The fourth-order valence-corrected chi connectivity index (χ4v) is 2.21. The fourth-order valence-electron chi connectivity index (χ4n) is 2.21. The van der Waals surface area contributed by atoms with Crippen LogP contribution in [0.4, 0.5) is 0 Å². The molecule has 0 bridgehead atoms. The molecule has 0 unspecified atom stereocenters. The topological polar surface area (TPSA) is 53.6 Å². The van der Waals surface area contributed by atoms with Crippen LogP contribution in [-0.4, -0.2) is 16.3 Å². The third kappa shape index (κ3) is 3.46. The Balaban J connectivity index is 2.28. The largest absolute Gasteiger partial charge is 0.313 e. The van der Waals surface area contributed by atoms with Gasteiger partial charge in [0.25, 0.3) is 0 Å². The maximum Gasteiger partial charge on any atom is 0.0727 e. The molecule has 0 amide bonds. The Morgan fingerprint density at radius 3 is 2.80 bits per heavy atom. The van der Waals surface area contributed by atoms with Gasteiger partial charge in [-0.15, -0.1) is 0 Å². The lowest BCUT2D eigenvalue weighted by molar-refractivity contribution is 0.632. The van der Waals surface area contributed by atoms with Crippen LogP contribution in [0.25, 0.3) is 11.3 Å². The number of hydrogen-bond acceptors (Lipinski definition) is 3. The van der Waals surface area contributed by atoms with Crippen LogP contribution in [0.1, 0.15) is 25.3 Å². The van der Waals surface area contributed by atoms with Crippen molar-refractivity contribution < 1.29 is 0 Å². The highest BCUT2D eigenvalue weighted by molar-refractivity contribution is 5.63. The Kier molecular flexibility index (Phi) is 5.33. The van der Waals surface area contributed by atoms with Gasteiger partial charge >= 0.3 is 0 Å². The van der Waals surface area contributed by atoms with Crippen molar-refractivity contribution in [2.75, 3.05) is 6.54 Å². The van der Waals surface area contributed by atoms with Crippen molar-refractivity contribution in [2.24, 2.45) is 0 Å². The highest BCUT2D eigenvalue weighted by Crippen LogP contribution is 2.23. The molecule has 1 N–H and O–H groups in total. The van der Waals surface area contributed by atoms with Crippen molar-refractivity contribution in [1.29, 1.82) is 5.26 Å². The first-order chi connectivity index (χ1) is 9.86. The van der Waals surface area contributed by atoms with Crippen LogP contribution in [0.3, 0.4) is 0 Å². The summed E-state index contributed by atoms with van der Waals surface area (Å²) in [5.41, 5.74) is 3.45. The summed E-state index contributed by atoms with van der Waals surface area (Å²) < 4.78 is 1.93. The zero-order valence-electron chi connectivity index (χ0n) is 11.8. The molecule has 20 heavy (non-hydrogen) atoms. The molecule has 0 aliphatic heterocycles. The van der Waals surface area contributed by atoms with E-state index in [-0.39, 0.29) is 0 Å². The van der Waals surface area contributed by atoms with Crippen LogP contribution < -0.4 is 5.32 Å². The zero-order valence-corrected chi connectivity index (χ0v) is 11.8. The van der Waals surface area contributed by atoms with Gasteiger partial charge in [0.1, 0.15) is 0 Å². The number of benzene rings is 1. The van der Waals surface area contributed by atoms with Crippen molar-refractivity contribution >= 4 is 0 Å². The zero-order chi connectivity index (χ0) is 14.2. The molecular weight excluding hydrogens is 248 g/mol. The van der Waals surface area contributed by atoms with Gasteiger partial charge < -0.3 is 5.32 Å². The molecule has 0 aliphatic carbocycles. The quantitative estimate of drug-likeness (QED) is 0.785. The standard InChI is InChI=1S/C16H20N4/c1-2-10-18-12-15-13-19-20(11-6-9-17)16(15)14-7-4-3-5-8-14/h3-5,7-8,13,18H,2,6,10-12H2,1H3. The average Bonchev–Trinajstić information content (AvgIpc) is 2.89. The van der Waals surface area contributed by atoms with Crippen molar-refractivity contribution in [3.05, 3.63) is 42.1 Å². The number of nitrogens with one attached hydrogen (secondary N) is 1. The second-order valence-corrected chi connectivity index (χ2v) is 4.69. The molecule has 0 spiro atoms. The minimum atomic E-state index is 0.476. The third-order valence-electron chi connectivity index (χ3n) is 3.14. The van der Waals surface area contributed by atoms with E-state index in [1.807, 2.05) is 29.1 Å². The van der Waals surface area contributed by atoms with E-state index in [4.69, 9.17) is 5.26 Å². The third-order valence-corrected chi connectivity index (χ3v) is 3.14. The summed E-state index contributed by atoms with van der Waals surface area (Å²) in [6.07, 6.45) is 3.49. The second kappa shape index (κ2) is 7.46. The first kappa shape index (κ1) is 14.3. The summed E-state index contributed by atoms with van der Waals surface area (Å²) in [6.45, 7) is 4.60. The maximum atomic E-state index is 8.77. The molecule has 1 aromatic carbocycles. The highest BCUT2D eigenvalue weighted by atomic mass is 15.3. The van der Waals surface area contributed by atoms with E-state index < -0.39 is 0 Å². The van der Waals surface area contributed by atoms with Gasteiger partial charge in [0, 0.05) is 17.7 Å². The van der Waals surface area contributed by atoms with Gasteiger partial charge in [-0.1, -0.05) is 37.3 Å². The minimum Gasteiger partial charge on any atom is -0.313 e. The number of nitrogens with zero attached hydrogens (tertiary/aromatic N) is 3. The van der Waals surface area contributed by atoms with E-state index >= 15 is 0 Å². The molecule has 4 nitrogen and oxygen atoms in total. The van der Waals surface area contributed by atoms with Crippen molar-refractivity contribution in [1.82, 2.24) is 15.1 Å². The number of aromatic nitrogens is 2. The highest BCUT2D eigenvalue weighted by Gasteiger charge is 2.12. The summed E-state index contributed by atoms with van der Waals surface area (Å²) in [7, 11) is 0. The van der Waals surface area contributed by atoms with Gasteiger partial charge in [0.05, 0.1) is 30.9 Å². The monoisotopic (exact) mass is 268 g/mol. The average molecular weight is 268 g/mol. The number of nitriles is 1. The maximum absolute atomic E-state index is 8.77. The lowest BCUT2D eigenvalue weighted by Crippen LogP contribution is -2.14. The first-order valence-electron chi connectivity index (χ1n) is 7.04. The van der Waals surface area contributed by atoms with Gasteiger partial charge in [-0.25, -0.2) is 0 Å². The SMILES string of the molecule is CCCNCc1cnn(CCC#N)c1-c1ccccc1. The lowest BCUT2D eigenvalue weighted by Gasteiger charge is -2.09. The van der Waals surface area contributed by atoms with Crippen LogP contribution in [-0.2, 0) is 13.1 Å². The van der Waals surface area contributed by atoms with E-state index in [2.05, 4.69) is 35.5 Å². The van der Waals surface area contributed by atoms with Crippen molar-refractivity contribution in [3.63, 3.8) is 0 Å². The number of rotatable bonds is 7. The molecule has 0 atom stereocenters. The van der Waals surface area contributed by atoms with Crippen molar-refractivity contribution in [3.8, 4) is 17.3 Å². The normalized spacial score (nSPS) is 10.4. The summed E-state index contributed by atoms with van der Waals surface area (Å²) in [5, 5.41) is 16.6. The molecule has 0 fully saturated rings. The Hall–Kier alpha value is -2.12. The van der Waals surface area contributed by atoms with E-state index in [0.717, 1.165) is 30.8 Å². The van der Waals surface area contributed by atoms with Gasteiger partial charge in [-0.3, -0.25) is 4.68 Å². The predicted octanol–water partition coefficient (Wildman–Crippen LogP) is 2.96. The Bertz CT molecular complexity index is 566. The summed E-state index contributed by atoms with van der Waals surface area (Å²) >= 11 is 0. The molecule has 1 heterocycles. The van der Waals surface area contributed by atoms with Gasteiger partial charge in [-0.05, 0) is 13.0 Å². The van der Waals surface area contributed by atoms with Crippen molar-refractivity contribution in [2.45, 2.75) is 32.9 Å². The van der Waals surface area contributed by atoms with Crippen LogP contribution in [0, 0.1) is 11.3 Å². The Labute approximate surface area is 120 Å². The summed E-state index contributed by atoms with van der Waals surface area (Å²) in [4.78, 5) is 0. The molecule has 0 aliphatic rings. The van der Waals surface area contributed by atoms with E-state index in [1.54, 1.807) is 0 Å². The molecular formula is C16H20N4. The molecule has 0 saturated heterocycles. The summed E-state index contributed by atoms with van der Waals surface area (Å²) in [6, 6.07) is 12.4.